The quantitative estimate of drug-likeness (QED) is 0.368. The van der Waals surface area contributed by atoms with Crippen LogP contribution in [0.25, 0.3) is 0 Å². The third-order valence-electron chi connectivity index (χ3n) is 3.07. The molecule has 0 saturated carbocycles. The number of nitrogens with two attached hydrogens (primary N) is 1. The van der Waals surface area contributed by atoms with E-state index in [1.54, 1.807) is 0 Å². The molecule has 2 fully saturated rings. The smallest absolute Gasteiger partial charge is 0.402 e. The van der Waals surface area contributed by atoms with E-state index in [4.69, 9.17) is 15.0 Å². The lowest BCUT2D eigenvalue weighted by Crippen LogP contribution is -2.36. The lowest BCUT2D eigenvalue weighted by Gasteiger charge is -2.16. The van der Waals surface area contributed by atoms with E-state index in [1.165, 1.54) is 0 Å². The molecular formula is C11H19N3O5S. The molecule has 9 heteroatoms. The number of hydrogen-bond donors (Lipinski definition) is 5. The van der Waals surface area contributed by atoms with Crippen LogP contribution in [0.4, 0.5) is 9.59 Å². The molecule has 2 aliphatic heterocycles. The Hall–Kier alpha value is -1.64. The zero-order chi connectivity index (χ0) is 15.1. The summed E-state index contributed by atoms with van der Waals surface area (Å²) in [4.78, 5) is 30.2. The van der Waals surface area contributed by atoms with E-state index in [0.717, 1.165) is 25.0 Å². The zero-order valence-corrected chi connectivity index (χ0v) is 11.7. The maximum absolute atomic E-state index is 11.1. The van der Waals surface area contributed by atoms with Gasteiger partial charge in [-0.25, -0.2) is 9.59 Å². The van der Waals surface area contributed by atoms with Crippen molar-refractivity contribution in [2.24, 2.45) is 5.73 Å². The number of fused-ring (bicyclic) bond motifs is 1. The number of aliphatic carboxylic acids is 1. The Balaban J connectivity index is 0.000000444. The Morgan fingerprint density at radius 3 is 2.55 bits per heavy atom. The van der Waals surface area contributed by atoms with Crippen molar-refractivity contribution in [3.63, 3.8) is 0 Å². The van der Waals surface area contributed by atoms with E-state index >= 15 is 0 Å². The van der Waals surface area contributed by atoms with Crippen LogP contribution < -0.4 is 16.4 Å². The number of hydrogen-bond acceptors (Lipinski definition) is 4. The molecule has 3 amide bonds. The maximum atomic E-state index is 11.1. The fraction of sp³-hybridized carbons (Fsp3) is 0.727. The highest BCUT2D eigenvalue weighted by molar-refractivity contribution is 8.00. The number of thioether (sulfide) groups is 1. The van der Waals surface area contributed by atoms with E-state index in [9.17, 15) is 9.59 Å². The lowest BCUT2D eigenvalue weighted by atomic mass is 10.0. The van der Waals surface area contributed by atoms with Crippen molar-refractivity contribution in [1.82, 2.24) is 10.6 Å². The minimum absolute atomic E-state index is 0.0640. The van der Waals surface area contributed by atoms with Crippen LogP contribution in [0.5, 0.6) is 0 Å². The standard InChI is InChI=1S/C10H16N2O3S.CH3NO2/c13-8(14)4-2-1-3-7-9-6(5-16-7)11-10(15)12-9;2-1(3)4/h6-7,9H,1-5H2,(H,13,14)(H2,11,12,15);2H2,(H,3,4)/t6-,7-,9-;/m0./s1. The molecule has 0 aromatic rings. The molecule has 2 rings (SSSR count). The first kappa shape index (κ1) is 16.4. The average molecular weight is 305 g/mol. The number of nitrogens with one attached hydrogen (secondary N) is 2. The van der Waals surface area contributed by atoms with Crippen LogP contribution in [0.3, 0.4) is 0 Å². The summed E-state index contributed by atoms with van der Waals surface area (Å²) in [5.74, 6) is 0.236. The van der Waals surface area contributed by atoms with Crippen molar-refractivity contribution >= 4 is 29.9 Å². The number of unbranched alkanes of at least 4 members (excludes halogenated alkanes) is 1. The maximum Gasteiger partial charge on any atom is 0.402 e. The fourth-order valence-corrected chi connectivity index (χ4v) is 3.81. The summed E-state index contributed by atoms with van der Waals surface area (Å²) in [6.07, 6.45) is 1.55. The van der Waals surface area contributed by atoms with Gasteiger partial charge in [-0.15, -0.1) is 0 Å². The van der Waals surface area contributed by atoms with Gasteiger partial charge in [0.25, 0.3) is 0 Å². The predicted octanol–water partition coefficient (Wildman–Crippen LogP) is 0.420. The highest BCUT2D eigenvalue weighted by atomic mass is 32.2. The molecule has 3 atom stereocenters. The molecule has 2 aliphatic rings. The van der Waals surface area contributed by atoms with Gasteiger partial charge in [0.15, 0.2) is 0 Å². The second-order valence-electron chi connectivity index (χ2n) is 4.60. The van der Waals surface area contributed by atoms with Gasteiger partial charge in [-0.2, -0.15) is 11.8 Å². The van der Waals surface area contributed by atoms with Gasteiger partial charge in [0, 0.05) is 17.4 Å². The minimum atomic E-state index is -1.33. The lowest BCUT2D eigenvalue weighted by molar-refractivity contribution is -0.137. The number of rotatable bonds is 5. The van der Waals surface area contributed by atoms with Crippen molar-refractivity contribution < 1.29 is 24.6 Å². The Bertz CT molecular complexity index is 375. The Kier molecular flexibility index (Phi) is 6.43. The molecule has 20 heavy (non-hydrogen) atoms. The van der Waals surface area contributed by atoms with Crippen molar-refractivity contribution in [3.8, 4) is 0 Å². The van der Waals surface area contributed by atoms with Crippen LogP contribution in [-0.4, -0.2) is 51.4 Å². The summed E-state index contributed by atoms with van der Waals surface area (Å²) in [6.45, 7) is 0. The molecule has 0 unspecified atom stereocenters. The summed E-state index contributed by atoms with van der Waals surface area (Å²) < 4.78 is 0. The Morgan fingerprint density at radius 1 is 1.30 bits per heavy atom. The average Bonchev–Trinajstić information content (AvgIpc) is 2.83. The van der Waals surface area contributed by atoms with E-state index in [-0.39, 0.29) is 24.5 Å². The first-order valence-electron chi connectivity index (χ1n) is 6.29. The SMILES string of the molecule is NC(=O)O.O=C(O)CCCC[C@@H]1SC[C@@H]2NC(=O)N[C@@H]21. The first-order chi connectivity index (χ1) is 9.40. The number of carboxylic acid groups (broad SMARTS) is 2. The number of carboxylic acids is 1. The van der Waals surface area contributed by atoms with Crippen LogP contribution in [-0.2, 0) is 4.79 Å². The van der Waals surface area contributed by atoms with Crippen molar-refractivity contribution in [2.45, 2.75) is 43.0 Å². The Labute approximate surface area is 120 Å². The predicted molar refractivity (Wildman–Crippen MR) is 73.8 cm³/mol. The van der Waals surface area contributed by atoms with Gasteiger partial charge in [0.05, 0.1) is 12.1 Å². The van der Waals surface area contributed by atoms with E-state index in [1.807, 2.05) is 11.8 Å². The monoisotopic (exact) mass is 305 g/mol. The van der Waals surface area contributed by atoms with Crippen LogP contribution in [0.2, 0.25) is 0 Å². The number of carbonyl (C=O) groups is 3. The van der Waals surface area contributed by atoms with Crippen LogP contribution in [0.15, 0.2) is 0 Å². The molecule has 0 spiro atoms. The van der Waals surface area contributed by atoms with Gasteiger partial charge < -0.3 is 26.6 Å². The van der Waals surface area contributed by atoms with Gasteiger partial charge in [-0.05, 0) is 12.8 Å². The molecule has 0 bridgehead atoms. The molecule has 0 aliphatic carbocycles. The van der Waals surface area contributed by atoms with Crippen LogP contribution in [0, 0.1) is 0 Å². The molecule has 114 valence electrons. The van der Waals surface area contributed by atoms with Crippen molar-refractivity contribution in [1.29, 1.82) is 0 Å². The highest BCUT2D eigenvalue weighted by Crippen LogP contribution is 2.33. The first-order valence-corrected chi connectivity index (χ1v) is 7.34. The molecule has 2 saturated heterocycles. The normalized spacial score (nSPS) is 26.8. The number of primary amides is 1. The fourth-order valence-electron chi connectivity index (χ4n) is 2.26. The van der Waals surface area contributed by atoms with E-state index < -0.39 is 12.1 Å². The van der Waals surface area contributed by atoms with E-state index in [0.29, 0.717) is 5.25 Å². The third-order valence-corrected chi connectivity index (χ3v) is 4.58. The third kappa shape index (κ3) is 5.55. The van der Waals surface area contributed by atoms with Gasteiger partial charge in [0.2, 0.25) is 0 Å². The summed E-state index contributed by atoms with van der Waals surface area (Å²) in [7, 11) is 0. The summed E-state index contributed by atoms with van der Waals surface area (Å²) in [5.41, 5.74) is 4.03. The second-order valence-corrected chi connectivity index (χ2v) is 5.87. The van der Waals surface area contributed by atoms with Gasteiger partial charge in [-0.3, -0.25) is 4.79 Å². The zero-order valence-electron chi connectivity index (χ0n) is 10.9. The topological polar surface area (TPSA) is 142 Å². The van der Waals surface area contributed by atoms with Gasteiger partial charge in [-0.1, -0.05) is 6.42 Å². The number of carbonyl (C=O) groups excluding carboxylic acids is 1. The van der Waals surface area contributed by atoms with E-state index in [2.05, 4.69) is 16.4 Å². The van der Waals surface area contributed by atoms with Crippen LogP contribution in [0.1, 0.15) is 25.7 Å². The number of amides is 3. The molecule has 6 N–H and O–H groups in total. The van der Waals surface area contributed by atoms with Gasteiger partial charge >= 0.3 is 18.1 Å². The summed E-state index contributed by atoms with van der Waals surface area (Å²) in [6, 6.07) is 0.440. The molecule has 8 nitrogen and oxygen atoms in total. The molecule has 0 radical (unpaired) electrons. The second kappa shape index (κ2) is 7.83. The molecule has 2 heterocycles. The highest BCUT2D eigenvalue weighted by Gasteiger charge is 2.42. The largest absolute Gasteiger partial charge is 0.481 e. The summed E-state index contributed by atoms with van der Waals surface area (Å²) >= 11 is 1.87. The number of urea groups is 1. The molecule has 0 aromatic carbocycles. The summed E-state index contributed by atoms with van der Waals surface area (Å²) in [5, 5.41) is 22.0. The Morgan fingerprint density at radius 2 is 1.95 bits per heavy atom. The minimum Gasteiger partial charge on any atom is -0.481 e. The van der Waals surface area contributed by atoms with Crippen LogP contribution >= 0.6 is 11.8 Å². The molecular weight excluding hydrogens is 286 g/mol. The van der Waals surface area contributed by atoms with Gasteiger partial charge in [0.1, 0.15) is 0 Å². The van der Waals surface area contributed by atoms with Crippen molar-refractivity contribution in [3.05, 3.63) is 0 Å². The molecule has 0 aromatic heterocycles. The van der Waals surface area contributed by atoms with Crippen molar-refractivity contribution in [2.75, 3.05) is 5.75 Å².